The van der Waals surface area contributed by atoms with Crippen molar-refractivity contribution in [3.05, 3.63) is 174 Å². The van der Waals surface area contributed by atoms with Crippen LogP contribution in [-0.2, 0) is 40.6 Å². The van der Waals surface area contributed by atoms with Crippen LogP contribution in [0.5, 0.6) is 17.2 Å². The second kappa shape index (κ2) is 33.9. The molecule has 0 bridgehead atoms. The monoisotopic (exact) mass is 1480 g/mol. The second-order valence-electron chi connectivity index (χ2n) is 24.1. The number of carbonyl (C=O) groups is 3. The summed E-state index contributed by atoms with van der Waals surface area (Å²) in [5, 5.41) is 27.2. The van der Waals surface area contributed by atoms with Crippen molar-refractivity contribution in [3.63, 3.8) is 0 Å². The number of aliphatic hydroxyl groups excluding tert-OH is 1. The summed E-state index contributed by atoms with van der Waals surface area (Å²) in [5.41, 5.74) is 17.9. The van der Waals surface area contributed by atoms with Gasteiger partial charge in [0.05, 0.1) is 86.4 Å². The third-order valence-electron chi connectivity index (χ3n) is 17.8. The molecule has 0 aliphatic carbocycles. The van der Waals surface area contributed by atoms with E-state index in [1.807, 2.05) is 136 Å². The van der Waals surface area contributed by atoms with E-state index in [0.29, 0.717) is 129 Å². The summed E-state index contributed by atoms with van der Waals surface area (Å²) < 4.78 is 21.2. The minimum atomic E-state index is -0.350. The maximum Gasteiger partial charge on any atom is 0.244 e. The largest absolute Gasteiger partial charge is 0.495 e. The van der Waals surface area contributed by atoms with E-state index in [0.717, 1.165) is 88.4 Å². The number of aliphatic hydroxyl groups is 1. The number of rotatable bonds is 18. The summed E-state index contributed by atoms with van der Waals surface area (Å²) >= 11 is 38.1. The van der Waals surface area contributed by atoms with E-state index in [-0.39, 0.29) is 50.0 Å². The van der Waals surface area contributed by atoms with Crippen molar-refractivity contribution in [1.29, 1.82) is 0 Å². The van der Waals surface area contributed by atoms with Crippen LogP contribution >= 0.6 is 69.6 Å². The molecule has 23 nitrogen and oxygen atoms in total. The molecule has 0 spiro atoms. The van der Waals surface area contributed by atoms with Crippen LogP contribution in [0.25, 0.3) is 33.8 Å². The molecule has 6 aromatic heterocycles. The Labute approximate surface area is 611 Å². The van der Waals surface area contributed by atoms with Gasteiger partial charge in [-0.2, -0.15) is 15.3 Å². The van der Waals surface area contributed by atoms with Crippen LogP contribution in [0, 0.1) is 34.6 Å². The van der Waals surface area contributed by atoms with E-state index in [4.69, 9.17) is 89.5 Å². The van der Waals surface area contributed by atoms with Crippen LogP contribution in [0.2, 0.25) is 30.1 Å². The molecule has 9 heterocycles. The minimum Gasteiger partial charge on any atom is -0.495 e. The fourth-order valence-electron chi connectivity index (χ4n) is 12.0. The van der Waals surface area contributed by atoms with Gasteiger partial charge in [0, 0.05) is 160 Å². The highest BCUT2D eigenvalue weighted by molar-refractivity contribution is 6.35. The van der Waals surface area contributed by atoms with Crippen molar-refractivity contribution < 1.29 is 33.7 Å². The zero-order valence-corrected chi connectivity index (χ0v) is 61.5. The number of halogens is 6. The fourth-order valence-corrected chi connectivity index (χ4v) is 13.3. The van der Waals surface area contributed by atoms with Crippen molar-refractivity contribution in [2.24, 2.45) is 5.73 Å². The summed E-state index contributed by atoms with van der Waals surface area (Å²) in [6, 6.07) is 28.0. The number of piperazine rings is 3. The topological polar surface area (TPSA) is 237 Å². The Hall–Kier alpha value is -8.39. The SMILES string of the molecule is CCOc1cc(N2CCN(C(=O)Cn3nc(-c4ccnc(C)c4)c(Cl)c3C)CC2)ccc1Cl.COc1cc(N2CCN(C(=O)Cn3nc(-c4ccnc(C)c4)c(Cl)c3C)[C@@H](CO)C2)ccc1Cl.COc1cc(N2CCN(C(=O)Cn3nc(-c4ccnc(CN)c4)c(Cl)c3C)CC2)ccc1Cl. The number of hydrogen-bond acceptors (Lipinski definition) is 17. The molecule has 3 fully saturated rings. The molecule has 3 amide bonds. The number of amides is 3. The lowest BCUT2D eigenvalue weighted by atomic mass is 10.1. The number of aromatic nitrogens is 9. The number of methoxy groups -OCH3 is 2. The van der Waals surface area contributed by atoms with Gasteiger partial charge < -0.3 is 54.5 Å². The zero-order chi connectivity index (χ0) is 71.5. The highest BCUT2D eigenvalue weighted by atomic mass is 35.5. The molecular weight excluding hydrogens is 1400 g/mol. The number of aryl methyl sites for hydroxylation is 2. The number of hydrogen-bond donors (Lipinski definition) is 2. The quantitative estimate of drug-likeness (QED) is 0.0812. The van der Waals surface area contributed by atoms with Crippen LogP contribution in [0.1, 0.15) is 41.1 Å². The summed E-state index contributed by atoms with van der Waals surface area (Å²) in [4.78, 5) is 63.9. The van der Waals surface area contributed by atoms with Gasteiger partial charge in [-0.05, 0) is 114 Å². The number of nitrogens with two attached hydrogens (primary N) is 1. The molecule has 3 saturated heterocycles. The van der Waals surface area contributed by atoms with Gasteiger partial charge in [0.15, 0.2) is 0 Å². The first-order chi connectivity index (χ1) is 48.1. The van der Waals surface area contributed by atoms with Crippen molar-refractivity contribution in [1.82, 2.24) is 59.0 Å². The predicted molar refractivity (Wildman–Crippen MR) is 394 cm³/mol. The van der Waals surface area contributed by atoms with Crippen molar-refractivity contribution in [2.75, 3.05) is 114 Å². The van der Waals surface area contributed by atoms with Crippen molar-refractivity contribution in [2.45, 2.75) is 73.8 Å². The van der Waals surface area contributed by atoms with Crippen LogP contribution < -0.4 is 34.6 Å². The van der Waals surface area contributed by atoms with Crippen LogP contribution in [0.15, 0.2) is 110 Å². The fraction of sp³-hybridized carbons (Fsp3) is 0.366. The van der Waals surface area contributed by atoms with E-state index in [2.05, 4.69) is 44.9 Å². The molecule has 0 radical (unpaired) electrons. The maximum absolute atomic E-state index is 13.2. The average molecular weight is 1480 g/mol. The number of carbonyl (C=O) groups excluding carboxylic acids is 3. The lowest BCUT2D eigenvalue weighted by molar-refractivity contribution is -0.136. The van der Waals surface area contributed by atoms with Gasteiger partial charge in [0.1, 0.15) is 54.0 Å². The summed E-state index contributed by atoms with van der Waals surface area (Å²) in [7, 11) is 3.17. The second-order valence-corrected chi connectivity index (χ2v) is 26.5. The Morgan fingerprint density at radius 2 is 0.870 bits per heavy atom. The summed E-state index contributed by atoms with van der Waals surface area (Å²) in [5.74, 6) is 1.83. The van der Waals surface area contributed by atoms with E-state index in [9.17, 15) is 19.5 Å². The molecule has 0 unspecified atom stereocenters. The Morgan fingerprint density at radius 1 is 0.490 bits per heavy atom. The lowest BCUT2D eigenvalue weighted by Gasteiger charge is -2.41. The third kappa shape index (κ3) is 17.5. The molecule has 100 heavy (non-hydrogen) atoms. The van der Waals surface area contributed by atoms with Gasteiger partial charge in [-0.15, -0.1) is 0 Å². The molecule has 3 aromatic carbocycles. The maximum atomic E-state index is 13.2. The van der Waals surface area contributed by atoms with E-state index in [1.165, 1.54) is 0 Å². The number of benzene rings is 3. The number of ether oxygens (including phenoxy) is 3. The van der Waals surface area contributed by atoms with Crippen LogP contribution in [-0.4, -0.2) is 187 Å². The standard InChI is InChI=1S/C24H27Cl2N5O3.C24H27Cl2N5O2.C23H26Cl2N6O2/c1-15-10-17(6-7-27-15)24-23(26)16(2)31(28-24)13-22(33)30-9-8-29(12-19(30)14-32)18-4-5-20(25)21(11-18)34-3;1-4-33-21-14-19(5-6-20(21)25)29-9-11-30(12-10-29)22(32)15-31-17(3)23(26)24(28-31)18-7-8-27-16(2)13-18;1-15-22(25)23(16-5-6-27-17(11-16)13-26)28-31(15)14-21(32)30-9-7-29(8-10-30)18-3-4-19(24)20(12-18)33-2/h4-7,10-11,19,32H,8-9,12-14H2,1-3H3;5-8,13-14H,4,9-12,15H2,1-3H3;3-6,11-12H,7-10,13-14,26H2,1-2H3/t19-;;/m1../s1. The molecule has 3 aliphatic rings. The van der Waals surface area contributed by atoms with E-state index >= 15 is 0 Å². The lowest BCUT2D eigenvalue weighted by Crippen LogP contribution is -2.57. The summed E-state index contributed by atoms with van der Waals surface area (Å²) in [6.07, 6.45) is 5.13. The number of anilines is 3. The molecule has 3 N–H and O–H groups in total. The van der Waals surface area contributed by atoms with Crippen LogP contribution in [0.4, 0.5) is 17.1 Å². The molecule has 528 valence electrons. The van der Waals surface area contributed by atoms with Gasteiger partial charge >= 0.3 is 0 Å². The number of nitrogens with zero attached hydrogens (tertiary/aromatic N) is 15. The molecule has 29 heteroatoms. The highest BCUT2D eigenvalue weighted by Crippen LogP contribution is 2.36. The first-order valence-electron chi connectivity index (χ1n) is 32.6. The van der Waals surface area contributed by atoms with E-state index in [1.54, 1.807) is 57.8 Å². The Bertz CT molecular complexity index is 4380. The highest BCUT2D eigenvalue weighted by Gasteiger charge is 2.32. The van der Waals surface area contributed by atoms with E-state index < -0.39 is 0 Å². The Morgan fingerprint density at radius 3 is 1.27 bits per heavy atom. The van der Waals surface area contributed by atoms with Gasteiger partial charge in [-0.3, -0.25) is 43.4 Å². The Balaban J connectivity index is 0.000000162. The average Bonchev–Trinajstić information content (AvgIpc) is 1.61. The zero-order valence-electron chi connectivity index (χ0n) is 56.9. The van der Waals surface area contributed by atoms with Crippen molar-refractivity contribution in [3.8, 4) is 51.0 Å². The van der Waals surface area contributed by atoms with Gasteiger partial charge in [-0.1, -0.05) is 69.6 Å². The van der Waals surface area contributed by atoms with Gasteiger partial charge in [-0.25, -0.2) is 0 Å². The van der Waals surface area contributed by atoms with Gasteiger partial charge in [0.2, 0.25) is 17.7 Å². The smallest absolute Gasteiger partial charge is 0.244 e. The third-order valence-corrected chi connectivity index (χ3v) is 20.0. The number of pyridine rings is 3. The normalized spacial score (nSPS) is 14.7. The first kappa shape index (κ1) is 74.3. The molecule has 12 rings (SSSR count). The molecule has 1 atom stereocenters. The molecule has 9 aromatic rings. The van der Waals surface area contributed by atoms with Crippen LogP contribution in [0.3, 0.4) is 0 Å². The Kier molecular flexibility index (Phi) is 25.2. The van der Waals surface area contributed by atoms with Crippen molar-refractivity contribution >= 4 is 104 Å². The predicted octanol–water partition coefficient (Wildman–Crippen LogP) is 11.6. The molecule has 3 aliphatic heterocycles. The summed E-state index contributed by atoms with van der Waals surface area (Å²) in [6.45, 7) is 19.4. The minimum absolute atomic E-state index is 0.00882. The van der Waals surface area contributed by atoms with Gasteiger partial charge in [0.25, 0.3) is 0 Å². The molecule has 0 saturated carbocycles. The molecular formula is C71H80Cl6N16O7. The first-order valence-corrected chi connectivity index (χ1v) is 34.9.